The highest BCUT2D eigenvalue weighted by atomic mass is 32.2. The van der Waals surface area contributed by atoms with E-state index in [1.807, 2.05) is 31.2 Å². The van der Waals surface area contributed by atoms with Gasteiger partial charge in [-0.2, -0.15) is 0 Å². The Kier molecular flexibility index (Phi) is 4.13. The fourth-order valence-corrected chi connectivity index (χ4v) is 4.07. The Bertz CT molecular complexity index is 543. The molecule has 1 fully saturated rings. The maximum absolute atomic E-state index is 11.4. The molecule has 0 aromatic heterocycles. The third-order valence-electron chi connectivity index (χ3n) is 3.38. The molecule has 1 aromatic rings. The molecule has 1 aromatic carbocycles. The molecule has 0 bridgehead atoms. The first kappa shape index (κ1) is 14.3. The molecule has 2 N–H and O–H groups in total. The van der Waals surface area contributed by atoms with E-state index in [1.54, 1.807) is 7.11 Å². The highest BCUT2D eigenvalue weighted by Gasteiger charge is 2.36. The number of ether oxygens (including phenoxy) is 1. The zero-order valence-corrected chi connectivity index (χ0v) is 11.9. The van der Waals surface area contributed by atoms with Gasteiger partial charge in [0.25, 0.3) is 0 Å². The summed E-state index contributed by atoms with van der Waals surface area (Å²) >= 11 is 0. The number of hydrogen-bond acceptors (Lipinski definition) is 5. The van der Waals surface area contributed by atoms with Crippen molar-refractivity contribution in [1.29, 1.82) is 0 Å². The molecule has 1 saturated heterocycles. The summed E-state index contributed by atoms with van der Waals surface area (Å²) < 4.78 is 28.1. The van der Waals surface area contributed by atoms with Gasteiger partial charge in [-0.1, -0.05) is 12.1 Å². The molecule has 5 nitrogen and oxygen atoms in total. The van der Waals surface area contributed by atoms with Gasteiger partial charge in [0.15, 0.2) is 9.84 Å². The lowest BCUT2D eigenvalue weighted by Crippen LogP contribution is -2.40. The van der Waals surface area contributed by atoms with Crippen molar-refractivity contribution in [2.75, 3.05) is 18.6 Å². The number of methoxy groups -OCH3 is 1. The second-order valence-corrected chi connectivity index (χ2v) is 7.07. The van der Waals surface area contributed by atoms with Gasteiger partial charge < -0.3 is 15.2 Å². The maximum atomic E-state index is 11.4. The summed E-state index contributed by atoms with van der Waals surface area (Å²) in [4.78, 5) is 0. The second-order valence-electron chi connectivity index (χ2n) is 4.92. The zero-order chi connectivity index (χ0) is 14.0. The van der Waals surface area contributed by atoms with E-state index in [9.17, 15) is 13.5 Å². The highest BCUT2D eigenvalue weighted by molar-refractivity contribution is 7.91. The van der Waals surface area contributed by atoms with Crippen LogP contribution in [0.5, 0.6) is 5.75 Å². The van der Waals surface area contributed by atoms with E-state index in [1.165, 1.54) is 0 Å². The lowest BCUT2D eigenvalue weighted by atomic mass is 10.1. The Balaban J connectivity index is 2.06. The average Bonchev–Trinajstić information content (AvgIpc) is 2.62. The minimum Gasteiger partial charge on any atom is -0.497 e. The van der Waals surface area contributed by atoms with Crippen LogP contribution in [-0.2, 0) is 9.84 Å². The number of nitrogens with one attached hydrogen (secondary N) is 1. The van der Waals surface area contributed by atoms with Gasteiger partial charge in [0.2, 0.25) is 0 Å². The lowest BCUT2D eigenvalue weighted by molar-refractivity contribution is 0.160. The standard InChI is InChI=1S/C13H19NO4S/c1-9(10-4-3-5-11(6-10)18-2)14-12-7-19(16,17)8-13(12)15/h3-6,9,12-15H,7-8H2,1-2H3/t9-,12?,13?/m1/s1. The Morgan fingerprint density at radius 3 is 2.74 bits per heavy atom. The first-order valence-corrected chi connectivity index (χ1v) is 8.02. The molecule has 0 saturated carbocycles. The molecule has 6 heteroatoms. The molecule has 2 unspecified atom stereocenters. The smallest absolute Gasteiger partial charge is 0.154 e. The van der Waals surface area contributed by atoms with E-state index in [-0.39, 0.29) is 17.5 Å². The van der Waals surface area contributed by atoms with Gasteiger partial charge in [0.05, 0.1) is 24.7 Å². The zero-order valence-electron chi connectivity index (χ0n) is 11.0. The molecule has 1 aliphatic rings. The first-order valence-electron chi connectivity index (χ1n) is 6.20. The molecular formula is C13H19NO4S. The molecule has 0 aliphatic carbocycles. The Morgan fingerprint density at radius 1 is 1.42 bits per heavy atom. The van der Waals surface area contributed by atoms with E-state index in [0.29, 0.717) is 0 Å². The molecule has 1 aliphatic heterocycles. The third-order valence-corrected chi connectivity index (χ3v) is 5.10. The molecule has 106 valence electrons. The molecule has 0 amide bonds. The van der Waals surface area contributed by atoms with Crippen LogP contribution in [0, 0.1) is 0 Å². The van der Waals surface area contributed by atoms with E-state index < -0.39 is 22.0 Å². The maximum Gasteiger partial charge on any atom is 0.154 e. The minimum absolute atomic E-state index is 0.0114. The third kappa shape index (κ3) is 3.46. The van der Waals surface area contributed by atoms with E-state index in [2.05, 4.69) is 5.32 Å². The van der Waals surface area contributed by atoms with E-state index >= 15 is 0 Å². The summed E-state index contributed by atoms with van der Waals surface area (Å²) in [6.07, 6.45) is -0.835. The topological polar surface area (TPSA) is 75.6 Å². The van der Waals surface area contributed by atoms with Gasteiger partial charge in [-0.3, -0.25) is 0 Å². The molecule has 0 radical (unpaired) electrons. The normalized spacial score (nSPS) is 27.1. The van der Waals surface area contributed by atoms with Crippen LogP contribution in [0.4, 0.5) is 0 Å². The summed E-state index contributed by atoms with van der Waals surface area (Å²) in [5.74, 6) is 0.587. The molecule has 1 heterocycles. The van der Waals surface area contributed by atoms with Crippen molar-refractivity contribution >= 4 is 9.84 Å². The largest absolute Gasteiger partial charge is 0.497 e. The fourth-order valence-electron chi connectivity index (χ4n) is 2.32. The van der Waals surface area contributed by atoms with Crippen LogP contribution in [-0.4, -0.2) is 44.3 Å². The van der Waals surface area contributed by atoms with Crippen molar-refractivity contribution in [3.63, 3.8) is 0 Å². The van der Waals surface area contributed by atoms with E-state index in [0.717, 1.165) is 11.3 Å². The Hall–Kier alpha value is -1.11. The average molecular weight is 285 g/mol. The molecular weight excluding hydrogens is 266 g/mol. The summed E-state index contributed by atoms with van der Waals surface area (Å²) in [6.45, 7) is 1.94. The van der Waals surface area contributed by atoms with Crippen molar-refractivity contribution in [1.82, 2.24) is 5.32 Å². The van der Waals surface area contributed by atoms with Crippen LogP contribution in [0.1, 0.15) is 18.5 Å². The minimum atomic E-state index is -3.12. The van der Waals surface area contributed by atoms with Gasteiger partial charge in [-0.05, 0) is 24.6 Å². The second kappa shape index (κ2) is 5.48. The van der Waals surface area contributed by atoms with E-state index in [4.69, 9.17) is 4.74 Å². The lowest BCUT2D eigenvalue weighted by Gasteiger charge is -2.21. The number of aliphatic hydroxyl groups excluding tert-OH is 1. The van der Waals surface area contributed by atoms with Crippen LogP contribution in [0.25, 0.3) is 0 Å². The Morgan fingerprint density at radius 2 is 2.16 bits per heavy atom. The summed E-state index contributed by atoms with van der Waals surface area (Å²) in [6, 6.07) is 7.11. The number of hydrogen-bond donors (Lipinski definition) is 2. The monoisotopic (exact) mass is 285 g/mol. The van der Waals surface area contributed by atoms with Gasteiger partial charge in [-0.25, -0.2) is 8.42 Å². The fraction of sp³-hybridized carbons (Fsp3) is 0.538. The predicted molar refractivity (Wildman–Crippen MR) is 73.0 cm³/mol. The molecule has 0 spiro atoms. The van der Waals surface area contributed by atoms with Crippen LogP contribution < -0.4 is 10.1 Å². The van der Waals surface area contributed by atoms with Crippen molar-refractivity contribution in [3.8, 4) is 5.75 Å². The molecule has 2 rings (SSSR count). The van der Waals surface area contributed by atoms with Crippen LogP contribution >= 0.6 is 0 Å². The number of benzene rings is 1. The van der Waals surface area contributed by atoms with Crippen molar-refractivity contribution in [2.45, 2.75) is 25.1 Å². The molecule has 19 heavy (non-hydrogen) atoms. The van der Waals surface area contributed by atoms with Gasteiger partial charge >= 0.3 is 0 Å². The SMILES string of the molecule is COc1cccc([C@@H](C)NC2CS(=O)(=O)CC2O)c1. The number of sulfone groups is 1. The number of rotatable bonds is 4. The van der Waals surface area contributed by atoms with Gasteiger partial charge in [0.1, 0.15) is 5.75 Å². The Labute approximate surface area is 113 Å². The van der Waals surface area contributed by atoms with Crippen LogP contribution in [0.3, 0.4) is 0 Å². The summed E-state index contributed by atoms with van der Waals surface area (Å²) in [5.41, 5.74) is 0.996. The van der Waals surface area contributed by atoms with Gasteiger partial charge in [-0.15, -0.1) is 0 Å². The van der Waals surface area contributed by atoms with Crippen molar-refractivity contribution < 1.29 is 18.3 Å². The predicted octanol–water partition coefficient (Wildman–Crippen LogP) is 0.504. The highest BCUT2D eigenvalue weighted by Crippen LogP contribution is 2.21. The van der Waals surface area contributed by atoms with Gasteiger partial charge in [0, 0.05) is 12.1 Å². The molecule has 3 atom stereocenters. The van der Waals surface area contributed by atoms with Crippen LogP contribution in [0.15, 0.2) is 24.3 Å². The summed E-state index contributed by atoms with van der Waals surface area (Å²) in [5, 5.41) is 12.9. The van der Waals surface area contributed by atoms with Crippen molar-refractivity contribution in [3.05, 3.63) is 29.8 Å². The summed E-state index contributed by atoms with van der Waals surface area (Å²) in [7, 11) is -1.52. The van der Waals surface area contributed by atoms with Crippen molar-refractivity contribution in [2.24, 2.45) is 0 Å². The van der Waals surface area contributed by atoms with Crippen LogP contribution in [0.2, 0.25) is 0 Å². The first-order chi connectivity index (χ1) is 8.91. The number of aliphatic hydroxyl groups is 1. The quantitative estimate of drug-likeness (QED) is 0.843.